The highest BCUT2D eigenvalue weighted by molar-refractivity contribution is 7.99. The van der Waals surface area contributed by atoms with Crippen molar-refractivity contribution < 1.29 is 18.3 Å². The molecular formula is C20H14F2N4O3S3. The van der Waals surface area contributed by atoms with Gasteiger partial charge < -0.3 is 15.0 Å². The van der Waals surface area contributed by atoms with E-state index in [0.29, 0.717) is 31.8 Å². The quantitative estimate of drug-likeness (QED) is 0.234. The van der Waals surface area contributed by atoms with Crippen LogP contribution in [0.2, 0.25) is 0 Å². The minimum atomic E-state index is -0.883. The van der Waals surface area contributed by atoms with Crippen molar-refractivity contribution in [1.82, 2.24) is 14.5 Å². The Hall–Kier alpha value is -3.09. The molecule has 2 aromatic heterocycles. The van der Waals surface area contributed by atoms with Gasteiger partial charge in [-0.1, -0.05) is 29.2 Å². The summed E-state index contributed by atoms with van der Waals surface area (Å²) in [7, 11) is 1.55. The fraction of sp³-hybridized carbons (Fsp3) is 0.100. The number of anilines is 1. The first-order chi connectivity index (χ1) is 15.4. The molecule has 164 valence electrons. The van der Waals surface area contributed by atoms with Crippen molar-refractivity contribution in [3.05, 3.63) is 68.4 Å². The van der Waals surface area contributed by atoms with Crippen LogP contribution in [0.1, 0.15) is 0 Å². The van der Waals surface area contributed by atoms with Crippen LogP contribution in [-0.4, -0.2) is 33.3 Å². The molecule has 0 unspecified atom stereocenters. The number of aromatic nitrogens is 3. The molecule has 0 radical (unpaired) electrons. The molecule has 2 heterocycles. The highest BCUT2D eigenvalue weighted by Gasteiger charge is 2.15. The minimum absolute atomic E-state index is 0.140. The number of benzene rings is 2. The van der Waals surface area contributed by atoms with Crippen LogP contribution in [0, 0.1) is 15.6 Å². The lowest BCUT2D eigenvalue weighted by molar-refractivity contribution is -0.113. The molecule has 2 N–H and O–H groups in total. The summed E-state index contributed by atoms with van der Waals surface area (Å²) in [6.07, 6.45) is 0. The Kier molecular flexibility index (Phi) is 6.35. The van der Waals surface area contributed by atoms with Gasteiger partial charge in [0.05, 0.1) is 24.2 Å². The highest BCUT2D eigenvalue weighted by atomic mass is 32.2. The summed E-state index contributed by atoms with van der Waals surface area (Å²) in [5.74, 6) is -1.71. The van der Waals surface area contributed by atoms with Crippen molar-refractivity contribution in [2.24, 2.45) is 0 Å². The summed E-state index contributed by atoms with van der Waals surface area (Å²) in [6.45, 7) is 0. The van der Waals surface area contributed by atoms with Crippen molar-refractivity contribution in [2.75, 3.05) is 18.2 Å². The van der Waals surface area contributed by atoms with E-state index in [9.17, 15) is 18.4 Å². The maximum Gasteiger partial charge on any atom is 0.271 e. The second-order valence-electron chi connectivity index (χ2n) is 6.39. The molecule has 0 aliphatic carbocycles. The molecule has 4 rings (SSSR count). The predicted molar refractivity (Wildman–Crippen MR) is 123 cm³/mol. The van der Waals surface area contributed by atoms with Crippen molar-refractivity contribution in [1.29, 1.82) is 0 Å². The van der Waals surface area contributed by atoms with Crippen molar-refractivity contribution in [3.63, 3.8) is 0 Å². The Morgan fingerprint density at radius 1 is 1.31 bits per heavy atom. The standard InChI is InChI=1S/C20H14F2N4O3S3/c1-29-12-4-2-3-11(8-12)26-17-16(32-20(26)30)18(28)25-19(24-17)31-9-15(27)23-14-6-5-10(21)7-13(14)22/h2-8H,9H2,1H3,(H,23,27)(H,24,25,28). The smallest absolute Gasteiger partial charge is 0.271 e. The van der Waals surface area contributed by atoms with Crippen LogP contribution in [-0.2, 0) is 4.79 Å². The fourth-order valence-electron chi connectivity index (χ4n) is 2.85. The monoisotopic (exact) mass is 492 g/mol. The number of fused-ring (bicyclic) bond motifs is 1. The molecule has 12 heteroatoms. The van der Waals surface area contributed by atoms with Gasteiger partial charge >= 0.3 is 0 Å². The lowest BCUT2D eigenvalue weighted by Gasteiger charge is -2.08. The number of thiazole rings is 1. The maximum atomic E-state index is 13.7. The topological polar surface area (TPSA) is 89.0 Å². The van der Waals surface area contributed by atoms with E-state index in [4.69, 9.17) is 17.0 Å². The lowest BCUT2D eigenvalue weighted by Crippen LogP contribution is -2.16. The molecule has 0 saturated carbocycles. The molecule has 0 saturated heterocycles. The van der Waals surface area contributed by atoms with Gasteiger partial charge in [0.2, 0.25) is 5.91 Å². The average Bonchev–Trinajstić information content (AvgIpc) is 3.11. The molecule has 7 nitrogen and oxygen atoms in total. The van der Waals surface area contributed by atoms with Crippen molar-refractivity contribution >= 4 is 57.3 Å². The number of hydrogen-bond donors (Lipinski definition) is 2. The third-order valence-corrected chi connectivity index (χ3v) is 6.51. The van der Waals surface area contributed by atoms with E-state index in [0.717, 1.165) is 35.2 Å². The van der Waals surface area contributed by atoms with Gasteiger partial charge in [-0.05, 0) is 36.5 Å². The highest BCUT2D eigenvalue weighted by Crippen LogP contribution is 2.26. The van der Waals surface area contributed by atoms with Crippen LogP contribution in [0.4, 0.5) is 14.5 Å². The van der Waals surface area contributed by atoms with Gasteiger partial charge in [0.1, 0.15) is 22.1 Å². The van der Waals surface area contributed by atoms with Gasteiger partial charge in [0.25, 0.3) is 5.56 Å². The molecule has 0 aliphatic rings. The molecule has 4 aromatic rings. The third kappa shape index (κ3) is 4.56. The SMILES string of the molecule is COc1cccc(-n2c(=S)sc3c(=O)[nH]c(SCC(=O)Nc4ccc(F)cc4F)nc32)c1. The number of aromatic amines is 1. The molecule has 0 aliphatic heterocycles. The second kappa shape index (κ2) is 9.18. The second-order valence-corrected chi connectivity index (χ2v) is 9.00. The molecule has 1 amide bonds. The summed E-state index contributed by atoms with van der Waals surface area (Å²) in [4.78, 5) is 31.8. The number of halogens is 2. The number of carbonyl (C=O) groups excluding carboxylic acids is 1. The lowest BCUT2D eigenvalue weighted by atomic mass is 10.3. The first-order valence-electron chi connectivity index (χ1n) is 9.03. The Balaban J connectivity index is 1.60. The van der Waals surface area contributed by atoms with Gasteiger partial charge in [-0.2, -0.15) is 0 Å². The molecule has 0 bridgehead atoms. The number of ether oxygens (including phenoxy) is 1. The van der Waals surface area contributed by atoms with Crippen molar-refractivity contribution in [3.8, 4) is 11.4 Å². The third-order valence-electron chi connectivity index (χ3n) is 4.28. The molecule has 0 atom stereocenters. The number of H-pyrrole nitrogens is 1. The maximum absolute atomic E-state index is 13.7. The number of rotatable bonds is 6. The van der Waals surface area contributed by atoms with E-state index < -0.39 is 17.5 Å². The number of hydrogen-bond acceptors (Lipinski definition) is 7. The number of nitrogens with one attached hydrogen (secondary N) is 2. The van der Waals surface area contributed by atoms with Gasteiger partial charge in [-0.15, -0.1) is 0 Å². The average molecular weight is 493 g/mol. The summed E-state index contributed by atoms with van der Waals surface area (Å²) in [5, 5.41) is 2.55. The van der Waals surface area contributed by atoms with E-state index in [1.807, 2.05) is 6.07 Å². The normalized spacial score (nSPS) is 11.0. The van der Waals surface area contributed by atoms with Crippen LogP contribution in [0.15, 0.2) is 52.4 Å². The Morgan fingerprint density at radius 3 is 2.88 bits per heavy atom. The molecule has 0 spiro atoms. The van der Waals surface area contributed by atoms with E-state index in [2.05, 4.69) is 15.3 Å². The summed E-state index contributed by atoms with van der Waals surface area (Å²) in [5.41, 5.74) is 0.502. The molecule has 2 aromatic carbocycles. The molecule has 0 fully saturated rings. The molecule has 32 heavy (non-hydrogen) atoms. The van der Waals surface area contributed by atoms with Crippen LogP contribution < -0.4 is 15.6 Å². The Bertz CT molecular complexity index is 1450. The fourth-order valence-corrected chi connectivity index (χ4v) is 4.78. The van der Waals surface area contributed by atoms with Crippen LogP contribution in [0.25, 0.3) is 16.0 Å². The first-order valence-corrected chi connectivity index (χ1v) is 11.2. The number of amides is 1. The van der Waals surface area contributed by atoms with E-state index in [1.165, 1.54) is 0 Å². The van der Waals surface area contributed by atoms with E-state index >= 15 is 0 Å². The number of carbonyl (C=O) groups is 1. The summed E-state index contributed by atoms with van der Waals surface area (Å²) in [6, 6.07) is 10.0. The number of nitrogens with zero attached hydrogens (tertiary/aromatic N) is 2. The summed E-state index contributed by atoms with van der Waals surface area (Å²) >= 11 is 7.52. The van der Waals surface area contributed by atoms with E-state index in [1.54, 1.807) is 29.9 Å². The van der Waals surface area contributed by atoms with Crippen molar-refractivity contribution in [2.45, 2.75) is 5.16 Å². The van der Waals surface area contributed by atoms with E-state index in [-0.39, 0.29) is 22.2 Å². The minimum Gasteiger partial charge on any atom is -0.497 e. The van der Waals surface area contributed by atoms with Gasteiger partial charge in [-0.25, -0.2) is 13.8 Å². The Morgan fingerprint density at radius 2 is 2.12 bits per heavy atom. The van der Waals surface area contributed by atoms with Crippen LogP contribution in [0.5, 0.6) is 5.75 Å². The predicted octanol–water partition coefficient (Wildman–Crippen LogP) is 4.52. The molecular weight excluding hydrogens is 478 g/mol. The van der Waals surface area contributed by atoms with Gasteiger partial charge in [-0.3, -0.25) is 14.2 Å². The van der Waals surface area contributed by atoms with Crippen LogP contribution >= 0.6 is 35.3 Å². The largest absolute Gasteiger partial charge is 0.497 e. The zero-order valence-corrected chi connectivity index (χ0v) is 18.8. The first kappa shape index (κ1) is 22.1. The zero-order chi connectivity index (χ0) is 22.8. The number of methoxy groups -OCH3 is 1. The number of thioether (sulfide) groups is 1. The Labute approximate surface area is 193 Å². The summed E-state index contributed by atoms with van der Waals surface area (Å²) < 4.78 is 34.4. The van der Waals surface area contributed by atoms with Crippen LogP contribution in [0.3, 0.4) is 0 Å². The van der Waals surface area contributed by atoms with Gasteiger partial charge in [0, 0.05) is 12.1 Å². The zero-order valence-electron chi connectivity index (χ0n) is 16.3. The van der Waals surface area contributed by atoms with Gasteiger partial charge in [0.15, 0.2) is 14.8 Å².